The van der Waals surface area contributed by atoms with Crippen molar-refractivity contribution in [2.24, 2.45) is 28.6 Å². The van der Waals surface area contributed by atoms with Crippen molar-refractivity contribution in [2.45, 2.75) is 66.7 Å². The maximum absolute atomic E-state index is 3.70. The third-order valence-corrected chi connectivity index (χ3v) is 6.25. The van der Waals surface area contributed by atoms with Gasteiger partial charge in [0, 0.05) is 0 Å². The lowest BCUT2D eigenvalue weighted by Gasteiger charge is -2.31. The van der Waals surface area contributed by atoms with Crippen LogP contribution in [0, 0.1) is 28.6 Å². The molecule has 0 heterocycles. The maximum atomic E-state index is 3.70. The monoisotopic (exact) mass is 251 g/mol. The van der Waals surface area contributed by atoms with E-state index in [1.54, 1.807) is 0 Å². The van der Waals surface area contributed by atoms with Crippen LogP contribution in [-0.4, -0.2) is 13.1 Å². The molecule has 0 aromatic carbocycles. The third kappa shape index (κ3) is 2.35. The molecule has 0 aromatic rings. The van der Waals surface area contributed by atoms with E-state index in [1.807, 2.05) is 0 Å². The summed E-state index contributed by atoms with van der Waals surface area (Å²) in [4.78, 5) is 0. The zero-order chi connectivity index (χ0) is 13.4. The summed E-state index contributed by atoms with van der Waals surface area (Å²) in [6, 6.07) is 0. The molecule has 0 spiro atoms. The van der Waals surface area contributed by atoms with Crippen LogP contribution in [-0.2, 0) is 0 Å². The topological polar surface area (TPSA) is 12.0 Å². The fourth-order valence-electron chi connectivity index (χ4n) is 4.63. The Morgan fingerprint density at radius 3 is 2.22 bits per heavy atom. The van der Waals surface area contributed by atoms with E-state index in [2.05, 4.69) is 39.9 Å². The molecule has 2 aliphatic rings. The zero-order valence-corrected chi connectivity index (χ0v) is 13.2. The Morgan fingerprint density at radius 1 is 1.06 bits per heavy atom. The summed E-state index contributed by atoms with van der Waals surface area (Å²) < 4.78 is 0. The van der Waals surface area contributed by atoms with Crippen LogP contribution in [0.15, 0.2) is 0 Å². The smallest absolute Gasteiger partial charge is 0.000957 e. The van der Waals surface area contributed by atoms with Crippen molar-refractivity contribution in [3.8, 4) is 0 Å². The third-order valence-electron chi connectivity index (χ3n) is 6.25. The normalized spacial score (nSPS) is 36.0. The quantitative estimate of drug-likeness (QED) is 0.760. The summed E-state index contributed by atoms with van der Waals surface area (Å²) >= 11 is 0. The van der Waals surface area contributed by atoms with E-state index in [9.17, 15) is 0 Å². The number of hydrogen-bond acceptors (Lipinski definition) is 1. The highest BCUT2D eigenvalue weighted by Gasteiger charge is 2.69. The van der Waals surface area contributed by atoms with E-state index in [0.717, 1.165) is 17.8 Å². The van der Waals surface area contributed by atoms with E-state index >= 15 is 0 Å². The minimum Gasteiger partial charge on any atom is -0.316 e. The Bertz CT molecular complexity index is 275. The average Bonchev–Trinajstić information content (AvgIpc) is 2.76. The molecule has 2 fully saturated rings. The lowest BCUT2D eigenvalue weighted by molar-refractivity contribution is 0.196. The molecule has 0 saturated heterocycles. The van der Waals surface area contributed by atoms with Gasteiger partial charge in [-0.15, -0.1) is 0 Å². The van der Waals surface area contributed by atoms with Crippen molar-refractivity contribution in [1.82, 2.24) is 5.32 Å². The first-order valence-corrected chi connectivity index (χ1v) is 8.11. The number of nitrogens with one attached hydrogen (secondary N) is 1. The zero-order valence-electron chi connectivity index (χ0n) is 13.2. The van der Waals surface area contributed by atoms with Gasteiger partial charge in [-0.2, -0.15) is 0 Å². The van der Waals surface area contributed by atoms with Crippen LogP contribution in [0.1, 0.15) is 66.7 Å². The Labute approximate surface area is 114 Å². The highest BCUT2D eigenvalue weighted by Crippen LogP contribution is 2.73. The van der Waals surface area contributed by atoms with Crippen molar-refractivity contribution in [2.75, 3.05) is 13.1 Å². The second kappa shape index (κ2) is 5.15. The fraction of sp³-hybridized carbons (Fsp3) is 1.00. The van der Waals surface area contributed by atoms with Gasteiger partial charge in [0.25, 0.3) is 0 Å². The van der Waals surface area contributed by atoms with Crippen LogP contribution < -0.4 is 5.32 Å². The van der Waals surface area contributed by atoms with E-state index < -0.39 is 0 Å². The summed E-state index contributed by atoms with van der Waals surface area (Å²) in [5, 5.41) is 3.70. The Kier molecular flexibility index (Phi) is 4.11. The van der Waals surface area contributed by atoms with Crippen LogP contribution in [0.4, 0.5) is 0 Å². The van der Waals surface area contributed by atoms with Gasteiger partial charge in [-0.05, 0) is 54.5 Å². The van der Waals surface area contributed by atoms with E-state index in [-0.39, 0.29) is 0 Å². The predicted octanol–water partition coefficient (Wildman–Crippen LogP) is 4.47. The lowest BCUT2D eigenvalue weighted by atomic mass is 9.75. The van der Waals surface area contributed by atoms with Crippen molar-refractivity contribution in [3.63, 3.8) is 0 Å². The van der Waals surface area contributed by atoms with Gasteiger partial charge in [-0.3, -0.25) is 0 Å². The van der Waals surface area contributed by atoms with Crippen LogP contribution in [0.3, 0.4) is 0 Å². The molecule has 2 aliphatic carbocycles. The summed E-state index contributed by atoms with van der Waals surface area (Å²) in [7, 11) is 0. The summed E-state index contributed by atoms with van der Waals surface area (Å²) in [6.07, 6.45) is 7.40. The van der Waals surface area contributed by atoms with Gasteiger partial charge in [-0.1, -0.05) is 53.9 Å². The Balaban J connectivity index is 1.91. The van der Waals surface area contributed by atoms with E-state index in [4.69, 9.17) is 0 Å². The molecular formula is C17H33N. The summed E-state index contributed by atoms with van der Waals surface area (Å²) in [6.45, 7) is 14.6. The van der Waals surface area contributed by atoms with Crippen molar-refractivity contribution < 1.29 is 0 Å². The molecular weight excluding hydrogens is 218 g/mol. The molecule has 0 aromatic heterocycles. The Morgan fingerprint density at radius 2 is 1.67 bits per heavy atom. The summed E-state index contributed by atoms with van der Waals surface area (Å²) in [5.41, 5.74) is 1.16. The van der Waals surface area contributed by atoms with E-state index in [1.165, 1.54) is 45.2 Å². The van der Waals surface area contributed by atoms with Gasteiger partial charge < -0.3 is 5.32 Å². The first-order valence-electron chi connectivity index (χ1n) is 8.11. The van der Waals surface area contributed by atoms with Crippen LogP contribution in [0.25, 0.3) is 0 Å². The van der Waals surface area contributed by atoms with Crippen molar-refractivity contribution in [1.29, 1.82) is 0 Å². The van der Waals surface area contributed by atoms with Gasteiger partial charge in [0.1, 0.15) is 0 Å². The highest BCUT2D eigenvalue weighted by molar-refractivity contribution is 5.18. The molecule has 106 valence electrons. The van der Waals surface area contributed by atoms with Crippen LogP contribution >= 0.6 is 0 Å². The largest absolute Gasteiger partial charge is 0.316 e. The molecule has 2 atom stereocenters. The average molecular weight is 251 g/mol. The molecule has 0 bridgehead atoms. The minimum atomic E-state index is 0.555. The van der Waals surface area contributed by atoms with Crippen molar-refractivity contribution in [3.05, 3.63) is 0 Å². The second-order valence-corrected chi connectivity index (χ2v) is 7.94. The van der Waals surface area contributed by atoms with Gasteiger partial charge in [0.2, 0.25) is 0 Å². The van der Waals surface area contributed by atoms with Crippen LogP contribution in [0.5, 0.6) is 0 Å². The first kappa shape index (κ1) is 14.4. The Hall–Kier alpha value is -0.0400. The van der Waals surface area contributed by atoms with E-state index in [0.29, 0.717) is 10.8 Å². The lowest BCUT2D eigenvalue weighted by Crippen LogP contribution is -2.26. The minimum absolute atomic E-state index is 0.555. The molecule has 2 rings (SSSR count). The second-order valence-electron chi connectivity index (χ2n) is 7.94. The highest BCUT2D eigenvalue weighted by atomic mass is 14.9. The number of hydrogen-bond donors (Lipinski definition) is 1. The van der Waals surface area contributed by atoms with Gasteiger partial charge >= 0.3 is 0 Å². The first-order chi connectivity index (χ1) is 8.40. The number of rotatable bonds is 5. The molecule has 0 radical (unpaired) electrons. The molecule has 18 heavy (non-hydrogen) atoms. The fourth-order valence-corrected chi connectivity index (χ4v) is 4.63. The van der Waals surface area contributed by atoms with Gasteiger partial charge in [-0.25, -0.2) is 0 Å². The molecule has 1 N–H and O–H groups in total. The molecule has 0 aliphatic heterocycles. The van der Waals surface area contributed by atoms with Crippen molar-refractivity contribution >= 4 is 0 Å². The SMILES string of the molecule is CC(C)CNCC1C(C)(C)C1(C)C1CCCCC1. The van der Waals surface area contributed by atoms with Gasteiger partial charge in [0.15, 0.2) is 0 Å². The molecule has 2 unspecified atom stereocenters. The molecule has 1 nitrogen and oxygen atoms in total. The molecule has 0 amide bonds. The predicted molar refractivity (Wildman–Crippen MR) is 79.7 cm³/mol. The summed E-state index contributed by atoms with van der Waals surface area (Å²) in [5.74, 6) is 2.66. The molecule has 2 saturated carbocycles. The van der Waals surface area contributed by atoms with Gasteiger partial charge in [0.05, 0.1) is 0 Å². The van der Waals surface area contributed by atoms with Crippen LogP contribution in [0.2, 0.25) is 0 Å². The molecule has 1 heteroatoms. The standard InChI is InChI=1S/C17H33N/c1-13(2)11-18-12-15-16(3,4)17(15,5)14-9-7-6-8-10-14/h13-15,18H,6-12H2,1-5H3. The maximum Gasteiger partial charge on any atom is -0.000957 e.